The predicted molar refractivity (Wildman–Crippen MR) is 122 cm³/mol. The number of hydrogen-bond acceptors (Lipinski definition) is 4. The Morgan fingerprint density at radius 1 is 1.03 bits per heavy atom. The highest BCUT2D eigenvalue weighted by molar-refractivity contribution is 8.00. The second-order valence-electron chi connectivity index (χ2n) is 8.22. The van der Waals surface area contributed by atoms with Gasteiger partial charge in [-0.3, -0.25) is 4.79 Å². The Morgan fingerprint density at radius 3 is 2.24 bits per heavy atom. The molecule has 0 saturated heterocycles. The molecular weight excluding hydrogens is 449 g/mol. The lowest BCUT2D eigenvalue weighted by atomic mass is 9.74. The van der Waals surface area contributed by atoms with E-state index in [4.69, 9.17) is 4.74 Å². The Balaban J connectivity index is 2.00. The molecule has 0 bridgehead atoms. The summed E-state index contributed by atoms with van der Waals surface area (Å²) in [5.74, 6) is -2.08. The molecule has 3 atom stereocenters. The van der Waals surface area contributed by atoms with Crippen LogP contribution in [0, 0.1) is 19.8 Å². The van der Waals surface area contributed by atoms with Crippen LogP contribution in [-0.2, 0) is 4.75 Å². The molecule has 172 valence electrons. The van der Waals surface area contributed by atoms with Gasteiger partial charge in [-0.05, 0) is 54.8 Å². The molecule has 0 radical (unpaired) electrons. The van der Waals surface area contributed by atoms with Gasteiger partial charge in [0, 0.05) is 10.5 Å². The molecular formula is C26H23F3O3S. The maximum Gasteiger partial charge on any atom is 0.408 e. The number of aliphatic hydroxyl groups is 1. The number of carbonyl (C=O) groups is 1. The number of Topliss-reactive ketones (excluding diaryl/α,β-unsaturated/α-hetero) is 1. The average molecular weight is 473 g/mol. The second-order valence-corrected chi connectivity index (χ2v) is 9.47. The topological polar surface area (TPSA) is 46.5 Å². The number of ether oxygens (including phenoxy) is 1. The fraction of sp³-hybridized carbons (Fsp3) is 0.269. The highest BCUT2D eigenvalue weighted by Gasteiger charge is 2.67. The minimum absolute atomic E-state index is 0.0703. The average Bonchev–Trinajstić information content (AvgIpc) is 2.79. The first kappa shape index (κ1) is 23.4. The van der Waals surface area contributed by atoms with Gasteiger partial charge < -0.3 is 9.84 Å². The van der Waals surface area contributed by atoms with Gasteiger partial charge >= 0.3 is 6.18 Å². The van der Waals surface area contributed by atoms with Crippen molar-refractivity contribution < 1.29 is 27.8 Å². The molecule has 0 unspecified atom stereocenters. The number of ketones is 1. The van der Waals surface area contributed by atoms with Gasteiger partial charge in [-0.15, -0.1) is 11.8 Å². The third-order valence-electron chi connectivity index (χ3n) is 6.06. The lowest BCUT2D eigenvalue weighted by Gasteiger charge is -2.47. The molecule has 7 heteroatoms. The Hall–Kier alpha value is -2.77. The third kappa shape index (κ3) is 3.83. The largest absolute Gasteiger partial charge is 0.497 e. The lowest BCUT2D eigenvalue weighted by Crippen LogP contribution is -2.53. The Bertz CT molecular complexity index is 1180. The predicted octanol–water partition coefficient (Wildman–Crippen LogP) is 6.41. The lowest BCUT2D eigenvalue weighted by molar-refractivity contribution is -0.180. The maximum absolute atomic E-state index is 15.1. The molecule has 33 heavy (non-hydrogen) atoms. The van der Waals surface area contributed by atoms with E-state index >= 15 is 13.2 Å². The van der Waals surface area contributed by atoms with Crippen LogP contribution in [0.5, 0.6) is 5.75 Å². The first-order valence-corrected chi connectivity index (χ1v) is 11.2. The van der Waals surface area contributed by atoms with Crippen LogP contribution in [-0.4, -0.2) is 24.2 Å². The molecule has 3 nitrogen and oxygen atoms in total. The molecule has 0 saturated carbocycles. The van der Waals surface area contributed by atoms with Gasteiger partial charge in [0.25, 0.3) is 0 Å². The normalized spacial score (nSPS) is 22.5. The second kappa shape index (κ2) is 8.54. The Labute approximate surface area is 194 Å². The Kier molecular flexibility index (Phi) is 6.05. The van der Waals surface area contributed by atoms with Gasteiger partial charge in [-0.2, -0.15) is 13.2 Å². The van der Waals surface area contributed by atoms with Crippen LogP contribution in [0.4, 0.5) is 13.2 Å². The smallest absolute Gasteiger partial charge is 0.408 e. The molecule has 0 aromatic heterocycles. The number of thioether (sulfide) groups is 1. The number of benzene rings is 3. The van der Waals surface area contributed by atoms with Gasteiger partial charge in [0.2, 0.25) is 0 Å². The quantitative estimate of drug-likeness (QED) is 0.446. The zero-order chi connectivity index (χ0) is 24.0. The monoisotopic (exact) mass is 472 g/mol. The maximum atomic E-state index is 15.1. The van der Waals surface area contributed by atoms with E-state index in [0.29, 0.717) is 33.5 Å². The van der Waals surface area contributed by atoms with Crippen LogP contribution < -0.4 is 4.74 Å². The highest BCUT2D eigenvalue weighted by Crippen LogP contribution is 2.64. The summed E-state index contributed by atoms with van der Waals surface area (Å²) in [6.45, 7) is 3.54. The van der Waals surface area contributed by atoms with E-state index in [9.17, 15) is 9.90 Å². The first-order chi connectivity index (χ1) is 15.6. The van der Waals surface area contributed by atoms with Crippen molar-refractivity contribution in [3.63, 3.8) is 0 Å². The number of halogens is 3. The van der Waals surface area contributed by atoms with Gasteiger partial charge in [-0.25, -0.2) is 0 Å². The fourth-order valence-corrected chi connectivity index (χ4v) is 6.13. The number of aliphatic hydroxyl groups excluding tert-OH is 1. The number of fused-ring (bicyclic) bond motifs is 1. The van der Waals surface area contributed by atoms with Gasteiger partial charge in [0.05, 0.1) is 19.1 Å². The van der Waals surface area contributed by atoms with E-state index in [2.05, 4.69) is 0 Å². The van der Waals surface area contributed by atoms with Crippen molar-refractivity contribution in [3.05, 3.63) is 94.5 Å². The van der Waals surface area contributed by atoms with E-state index in [-0.39, 0.29) is 11.1 Å². The van der Waals surface area contributed by atoms with Gasteiger partial charge in [-0.1, -0.05) is 48.0 Å². The van der Waals surface area contributed by atoms with Crippen LogP contribution in [0.3, 0.4) is 0 Å². The van der Waals surface area contributed by atoms with Crippen molar-refractivity contribution in [1.82, 2.24) is 0 Å². The van der Waals surface area contributed by atoms with Crippen molar-refractivity contribution in [1.29, 1.82) is 0 Å². The molecule has 0 spiro atoms. The number of hydrogen-bond donors (Lipinski definition) is 1. The summed E-state index contributed by atoms with van der Waals surface area (Å²) >= 11 is 0.612. The van der Waals surface area contributed by atoms with Crippen LogP contribution in [0.15, 0.2) is 71.6 Å². The number of carbonyl (C=O) groups excluding carboxylic acids is 1. The molecule has 1 aliphatic rings. The zero-order valence-corrected chi connectivity index (χ0v) is 19.1. The minimum Gasteiger partial charge on any atom is -0.497 e. The molecule has 3 aromatic carbocycles. The summed E-state index contributed by atoms with van der Waals surface area (Å²) in [6, 6.07) is 16.8. The summed E-state index contributed by atoms with van der Waals surface area (Å²) in [7, 11) is 1.46. The fourth-order valence-electron chi connectivity index (χ4n) is 4.56. The third-order valence-corrected chi connectivity index (χ3v) is 7.87. The molecule has 1 heterocycles. The van der Waals surface area contributed by atoms with Crippen molar-refractivity contribution in [2.24, 2.45) is 5.92 Å². The van der Waals surface area contributed by atoms with Crippen LogP contribution in [0.1, 0.15) is 38.7 Å². The minimum atomic E-state index is -4.83. The molecule has 3 aromatic rings. The summed E-state index contributed by atoms with van der Waals surface area (Å²) in [5.41, 5.74) is 1.80. The highest BCUT2D eigenvalue weighted by atomic mass is 32.2. The van der Waals surface area contributed by atoms with Crippen molar-refractivity contribution in [3.8, 4) is 5.75 Å². The number of methoxy groups -OCH3 is 1. The summed E-state index contributed by atoms with van der Waals surface area (Å²) < 4.78 is 47.7. The molecule has 0 aliphatic carbocycles. The van der Waals surface area contributed by atoms with Crippen molar-refractivity contribution in [2.75, 3.05) is 7.11 Å². The van der Waals surface area contributed by atoms with Crippen LogP contribution >= 0.6 is 11.8 Å². The molecule has 1 N–H and O–H groups in total. The van der Waals surface area contributed by atoms with E-state index in [0.717, 1.165) is 5.56 Å². The standard InChI is InChI=1S/C26H23F3O3S/c1-15-13-16(2)24-20(14-15)23(31)21(22(30)17-9-11-19(32-3)12-10-17)25(33-24,26(27,28)29)18-7-5-4-6-8-18/h4-14,21,23,31H,1-3H3/t21-,23+,25-/m1/s1. The number of aryl methyl sites for hydroxylation is 2. The molecule has 1 aliphatic heterocycles. The van der Waals surface area contributed by atoms with Crippen molar-refractivity contribution >= 4 is 17.5 Å². The molecule has 0 amide bonds. The number of rotatable bonds is 4. The van der Waals surface area contributed by atoms with Gasteiger partial charge in [0.1, 0.15) is 5.75 Å². The zero-order valence-electron chi connectivity index (χ0n) is 18.3. The van der Waals surface area contributed by atoms with E-state index in [1.165, 1.54) is 55.6 Å². The van der Waals surface area contributed by atoms with E-state index < -0.39 is 28.7 Å². The number of alkyl halides is 3. The van der Waals surface area contributed by atoms with Crippen molar-refractivity contribution in [2.45, 2.75) is 35.8 Å². The summed E-state index contributed by atoms with van der Waals surface area (Å²) in [4.78, 5) is 14.1. The van der Waals surface area contributed by atoms with Gasteiger partial charge in [0.15, 0.2) is 10.5 Å². The molecule has 0 fully saturated rings. The summed E-state index contributed by atoms with van der Waals surface area (Å²) in [6.07, 6.45) is -6.47. The van der Waals surface area contributed by atoms with Crippen LogP contribution in [0.25, 0.3) is 0 Å². The van der Waals surface area contributed by atoms with Crippen LogP contribution in [0.2, 0.25) is 0 Å². The first-order valence-electron chi connectivity index (χ1n) is 10.4. The molecule has 4 rings (SSSR count). The summed E-state index contributed by atoms with van der Waals surface area (Å²) in [5, 5.41) is 11.4. The van der Waals surface area contributed by atoms with E-state index in [1.54, 1.807) is 25.1 Å². The SMILES string of the molecule is COc1ccc(C(=O)[C@@H]2[C@@H](O)c3cc(C)cc(C)c3S[C@@]2(c2ccccc2)C(F)(F)F)cc1. The Morgan fingerprint density at radius 2 is 1.67 bits per heavy atom. The van der Waals surface area contributed by atoms with E-state index in [1.807, 2.05) is 6.92 Å².